The quantitative estimate of drug-likeness (QED) is 0.616. The fraction of sp³-hybridized carbons (Fsp3) is 0.364. The van der Waals surface area contributed by atoms with Gasteiger partial charge >= 0.3 is 0 Å². The molecular formula is C11H14ClN3O2S. The first-order chi connectivity index (χ1) is 8.33. The number of benzene rings is 1. The molecule has 0 amide bonds. The molecule has 0 saturated carbocycles. The van der Waals surface area contributed by atoms with Crippen LogP contribution in [0.5, 0.6) is 0 Å². The van der Waals surface area contributed by atoms with E-state index in [2.05, 4.69) is 4.99 Å². The zero-order valence-electron chi connectivity index (χ0n) is 10.4. The summed E-state index contributed by atoms with van der Waals surface area (Å²) in [6.07, 6.45) is 1.63. The number of rotatable bonds is 2. The SMILES string of the molecule is CN(C)C=Nc1ccc(Cl)c2c1CS(=O)(=O)N2C. The van der Waals surface area contributed by atoms with Gasteiger partial charge in [0.15, 0.2) is 0 Å². The Labute approximate surface area is 112 Å². The smallest absolute Gasteiger partial charge is 0.239 e. The molecule has 1 heterocycles. The van der Waals surface area contributed by atoms with Crippen molar-refractivity contribution in [3.63, 3.8) is 0 Å². The Bertz CT molecular complexity index is 611. The number of nitrogens with zero attached hydrogens (tertiary/aromatic N) is 3. The zero-order valence-corrected chi connectivity index (χ0v) is 12.0. The summed E-state index contributed by atoms with van der Waals surface area (Å²) in [4.78, 5) is 6.06. The number of sulfonamides is 1. The maximum absolute atomic E-state index is 11.9. The lowest BCUT2D eigenvalue weighted by Crippen LogP contribution is -2.21. The van der Waals surface area contributed by atoms with Crippen LogP contribution >= 0.6 is 11.6 Å². The van der Waals surface area contributed by atoms with Crippen LogP contribution in [-0.2, 0) is 15.8 Å². The summed E-state index contributed by atoms with van der Waals surface area (Å²) < 4.78 is 25.0. The van der Waals surface area contributed by atoms with Gasteiger partial charge in [-0.15, -0.1) is 0 Å². The molecule has 7 heteroatoms. The van der Waals surface area contributed by atoms with Crippen LogP contribution in [0, 0.1) is 0 Å². The molecule has 0 aromatic heterocycles. The Morgan fingerprint density at radius 2 is 2.11 bits per heavy atom. The zero-order chi connectivity index (χ0) is 13.5. The highest BCUT2D eigenvalue weighted by molar-refractivity contribution is 7.92. The molecule has 2 rings (SSSR count). The second-order valence-electron chi connectivity index (χ2n) is 4.33. The third-order valence-electron chi connectivity index (χ3n) is 2.70. The Balaban J connectivity index is 2.57. The van der Waals surface area contributed by atoms with E-state index in [0.29, 0.717) is 22.0 Å². The summed E-state index contributed by atoms with van der Waals surface area (Å²) in [6.45, 7) is 0. The molecule has 1 aromatic carbocycles. The largest absolute Gasteiger partial charge is 0.369 e. The molecule has 0 atom stereocenters. The Kier molecular flexibility index (Phi) is 3.25. The molecule has 0 N–H and O–H groups in total. The molecule has 18 heavy (non-hydrogen) atoms. The van der Waals surface area contributed by atoms with Crippen molar-refractivity contribution in [2.24, 2.45) is 4.99 Å². The summed E-state index contributed by atoms with van der Waals surface area (Å²) in [7, 11) is 1.90. The van der Waals surface area contributed by atoms with Crippen LogP contribution in [0.3, 0.4) is 0 Å². The van der Waals surface area contributed by atoms with Gasteiger partial charge in [0.05, 0.1) is 28.5 Å². The van der Waals surface area contributed by atoms with Gasteiger partial charge in [-0.2, -0.15) is 0 Å². The van der Waals surface area contributed by atoms with E-state index in [1.807, 2.05) is 14.1 Å². The number of hydrogen-bond acceptors (Lipinski definition) is 3. The average Bonchev–Trinajstić information content (AvgIpc) is 2.50. The van der Waals surface area contributed by atoms with Crippen LogP contribution in [0.2, 0.25) is 5.02 Å². The molecule has 0 aliphatic carbocycles. The van der Waals surface area contributed by atoms with Crippen LogP contribution in [-0.4, -0.2) is 40.8 Å². The van der Waals surface area contributed by atoms with Gasteiger partial charge < -0.3 is 4.90 Å². The van der Waals surface area contributed by atoms with Crippen molar-refractivity contribution in [3.05, 3.63) is 22.7 Å². The molecular weight excluding hydrogens is 274 g/mol. The maximum atomic E-state index is 11.9. The van der Waals surface area contributed by atoms with Crippen molar-refractivity contribution in [2.45, 2.75) is 5.75 Å². The monoisotopic (exact) mass is 287 g/mol. The molecule has 1 aliphatic rings. The fourth-order valence-corrected chi connectivity index (χ4v) is 3.48. The molecule has 0 saturated heterocycles. The number of aliphatic imine (C=N–C) groups is 1. The molecule has 0 fully saturated rings. The van der Waals surface area contributed by atoms with Gasteiger partial charge in [0.1, 0.15) is 0 Å². The van der Waals surface area contributed by atoms with Gasteiger partial charge in [0.2, 0.25) is 10.0 Å². The summed E-state index contributed by atoms with van der Waals surface area (Å²) in [5.41, 5.74) is 1.82. The Morgan fingerprint density at radius 1 is 1.44 bits per heavy atom. The second-order valence-corrected chi connectivity index (χ2v) is 6.73. The summed E-state index contributed by atoms with van der Waals surface area (Å²) >= 11 is 6.06. The number of halogens is 1. The topological polar surface area (TPSA) is 53.0 Å². The normalized spacial score (nSPS) is 17.2. The Morgan fingerprint density at radius 3 is 2.72 bits per heavy atom. The lowest BCUT2D eigenvalue weighted by molar-refractivity contribution is 0.596. The van der Waals surface area contributed by atoms with E-state index in [-0.39, 0.29) is 5.75 Å². The first-order valence-corrected chi connectivity index (χ1v) is 7.30. The molecule has 5 nitrogen and oxygen atoms in total. The van der Waals surface area contributed by atoms with Crippen LogP contribution in [0.4, 0.5) is 11.4 Å². The number of hydrogen-bond donors (Lipinski definition) is 0. The van der Waals surface area contributed by atoms with Gasteiger partial charge in [-0.25, -0.2) is 13.4 Å². The van der Waals surface area contributed by atoms with Crippen molar-refractivity contribution < 1.29 is 8.42 Å². The summed E-state index contributed by atoms with van der Waals surface area (Å²) in [5, 5.41) is 0.428. The van der Waals surface area contributed by atoms with Gasteiger partial charge in [-0.3, -0.25) is 4.31 Å². The minimum absolute atomic E-state index is 0.0561. The predicted molar refractivity (Wildman–Crippen MR) is 74.3 cm³/mol. The van der Waals surface area contributed by atoms with Gasteiger partial charge in [0.25, 0.3) is 0 Å². The molecule has 1 aromatic rings. The van der Waals surface area contributed by atoms with E-state index in [1.54, 1.807) is 23.4 Å². The number of fused-ring (bicyclic) bond motifs is 1. The molecule has 1 aliphatic heterocycles. The summed E-state index contributed by atoms with van der Waals surface area (Å²) in [5.74, 6) is -0.0561. The Hall–Kier alpha value is -1.27. The van der Waals surface area contributed by atoms with Crippen LogP contribution < -0.4 is 4.31 Å². The maximum Gasteiger partial charge on any atom is 0.239 e. The lowest BCUT2D eigenvalue weighted by Gasteiger charge is -2.13. The van der Waals surface area contributed by atoms with E-state index < -0.39 is 10.0 Å². The van der Waals surface area contributed by atoms with Crippen LogP contribution in [0.25, 0.3) is 0 Å². The summed E-state index contributed by atoms with van der Waals surface area (Å²) in [6, 6.07) is 3.40. The van der Waals surface area contributed by atoms with E-state index >= 15 is 0 Å². The molecule has 0 radical (unpaired) electrons. The van der Waals surface area contributed by atoms with E-state index in [4.69, 9.17) is 11.6 Å². The van der Waals surface area contributed by atoms with E-state index in [0.717, 1.165) is 0 Å². The highest BCUT2D eigenvalue weighted by Gasteiger charge is 2.33. The van der Waals surface area contributed by atoms with E-state index in [9.17, 15) is 8.42 Å². The number of anilines is 1. The third kappa shape index (κ3) is 2.18. The van der Waals surface area contributed by atoms with Crippen molar-refractivity contribution in [2.75, 3.05) is 25.4 Å². The van der Waals surface area contributed by atoms with Gasteiger partial charge in [-0.1, -0.05) is 11.6 Å². The van der Waals surface area contributed by atoms with Crippen LogP contribution in [0.15, 0.2) is 17.1 Å². The van der Waals surface area contributed by atoms with Crippen molar-refractivity contribution in [1.82, 2.24) is 4.90 Å². The van der Waals surface area contributed by atoms with Gasteiger partial charge in [0, 0.05) is 26.7 Å². The van der Waals surface area contributed by atoms with Crippen molar-refractivity contribution in [1.29, 1.82) is 0 Å². The molecule has 0 bridgehead atoms. The highest BCUT2D eigenvalue weighted by Crippen LogP contribution is 2.43. The average molecular weight is 288 g/mol. The minimum atomic E-state index is -3.31. The van der Waals surface area contributed by atoms with E-state index in [1.165, 1.54) is 11.4 Å². The third-order valence-corrected chi connectivity index (χ3v) is 4.67. The first-order valence-electron chi connectivity index (χ1n) is 5.31. The van der Waals surface area contributed by atoms with Crippen molar-refractivity contribution >= 4 is 39.3 Å². The van der Waals surface area contributed by atoms with Crippen molar-refractivity contribution in [3.8, 4) is 0 Å². The van der Waals surface area contributed by atoms with Crippen LogP contribution in [0.1, 0.15) is 5.56 Å². The molecule has 98 valence electrons. The molecule has 0 spiro atoms. The van der Waals surface area contributed by atoms with Gasteiger partial charge in [-0.05, 0) is 12.1 Å². The second kappa shape index (κ2) is 4.44. The lowest BCUT2D eigenvalue weighted by atomic mass is 10.1. The predicted octanol–water partition coefficient (Wildman–Crippen LogP) is 1.84. The highest BCUT2D eigenvalue weighted by atomic mass is 35.5. The molecule has 0 unspecified atom stereocenters. The fourth-order valence-electron chi connectivity index (χ4n) is 1.80. The minimum Gasteiger partial charge on any atom is -0.369 e. The first kappa shape index (κ1) is 13.2. The standard InChI is InChI=1S/C11H14ClN3O2S/c1-14(2)7-13-10-5-4-9(12)11-8(10)6-18(16,17)15(11)3/h4-5,7H,6H2,1-3H3.